The highest BCUT2D eigenvalue weighted by Crippen LogP contribution is 2.26. The van der Waals surface area contributed by atoms with Crippen LogP contribution in [-0.4, -0.2) is 35.4 Å². The van der Waals surface area contributed by atoms with Crippen LogP contribution in [0, 0.1) is 5.92 Å². The summed E-state index contributed by atoms with van der Waals surface area (Å²) in [7, 11) is -3.38. The van der Waals surface area contributed by atoms with Gasteiger partial charge in [-0.1, -0.05) is 22.9 Å². The number of nitrogens with zero attached hydrogens (tertiary/aromatic N) is 3. The Morgan fingerprint density at radius 3 is 2.50 bits per heavy atom. The minimum atomic E-state index is -3.38. The average molecular weight is 412 g/mol. The molecule has 0 bridgehead atoms. The van der Waals surface area contributed by atoms with E-state index in [0.717, 1.165) is 36.1 Å². The van der Waals surface area contributed by atoms with Crippen LogP contribution in [-0.2, 0) is 23.0 Å². The Bertz CT molecular complexity index is 778. The molecule has 0 amide bonds. The van der Waals surface area contributed by atoms with Crippen LogP contribution in [0.2, 0.25) is 0 Å². The lowest BCUT2D eigenvalue weighted by Crippen LogP contribution is -2.39. The fourth-order valence-electron chi connectivity index (χ4n) is 3.19. The first-order valence-electron chi connectivity index (χ1n) is 8.26. The molecule has 0 spiro atoms. The average Bonchev–Trinajstić information content (AvgIpc) is 3.03. The molecule has 1 aliphatic heterocycles. The van der Waals surface area contributed by atoms with Gasteiger partial charge in [-0.2, -0.15) is 4.31 Å². The van der Waals surface area contributed by atoms with Crippen LogP contribution < -0.4 is 0 Å². The van der Waals surface area contributed by atoms with Crippen LogP contribution in [0.5, 0.6) is 0 Å². The Kier molecular flexibility index (Phi) is 5.42. The topological polar surface area (TPSA) is 55.2 Å². The standard InChI is InChI=1S/C17H22BrN3O2S/c1-2-17-19-9-12-20(17)13-14-7-10-21(11-8-14)24(22,23)16-5-3-15(18)4-6-16/h3-6,9,12,14H,2,7-8,10-11,13H2,1H3. The maximum Gasteiger partial charge on any atom is 0.243 e. The molecule has 0 saturated carbocycles. The lowest BCUT2D eigenvalue weighted by atomic mass is 9.98. The van der Waals surface area contributed by atoms with Gasteiger partial charge in [-0.15, -0.1) is 0 Å². The number of aryl methyl sites for hydroxylation is 1. The number of halogens is 1. The van der Waals surface area contributed by atoms with Gasteiger partial charge in [-0.05, 0) is 43.0 Å². The van der Waals surface area contributed by atoms with Gasteiger partial charge in [0.05, 0.1) is 4.90 Å². The van der Waals surface area contributed by atoms with Gasteiger partial charge in [0.2, 0.25) is 10.0 Å². The predicted molar refractivity (Wildman–Crippen MR) is 97.2 cm³/mol. The molecule has 0 N–H and O–H groups in total. The number of benzene rings is 1. The Morgan fingerprint density at radius 2 is 1.88 bits per heavy atom. The Morgan fingerprint density at radius 1 is 1.21 bits per heavy atom. The monoisotopic (exact) mass is 411 g/mol. The molecule has 0 atom stereocenters. The maximum absolute atomic E-state index is 12.7. The molecule has 1 aliphatic rings. The summed E-state index contributed by atoms with van der Waals surface area (Å²) in [6.45, 7) is 4.19. The van der Waals surface area contributed by atoms with Gasteiger partial charge < -0.3 is 4.57 Å². The second-order valence-electron chi connectivity index (χ2n) is 6.15. The lowest BCUT2D eigenvalue weighted by molar-refractivity contribution is 0.251. The maximum atomic E-state index is 12.7. The molecule has 1 saturated heterocycles. The first-order valence-corrected chi connectivity index (χ1v) is 10.5. The number of hydrogen-bond acceptors (Lipinski definition) is 3. The van der Waals surface area contributed by atoms with Crippen molar-refractivity contribution >= 4 is 26.0 Å². The number of piperidine rings is 1. The molecule has 0 radical (unpaired) electrons. The zero-order valence-corrected chi connectivity index (χ0v) is 16.1. The van der Waals surface area contributed by atoms with Gasteiger partial charge in [0.1, 0.15) is 5.82 Å². The summed E-state index contributed by atoms with van der Waals surface area (Å²) in [6.07, 6.45) is 6.55. The third-order valence-electron chi connectivity index (χ3n) is 4.60. The summed E-state index contributed by atoms with van der Waals surface area (Å²) in [5.41, 5.74) is 0. The van der Waals surface area contributed by atoms with Gasteiger partial charge in [0, 0.05) is 42.9 Å². The SMILES string of the molecule is CCc1nccn1CC1CCN(S(=O)(=O)c2ccc(Br)cc2)CC1. The second-order valence-corrected chi connectivity index (χ2v) is 9.00. The number of hydrogen-bond donors (Lipinski definition) is 0. The predicted octanol–water partition coefficient (Wildman–Crippen LogP) is 3.31. The molecule has 5 nitrogen and oxygen atoms in total. The molecule has 0 unspecified atom stereocenters. The van der Waals surface area contributed by atoms with Gasteiger partial charge in [-0.3, -0.25) is 0 Å². The van der Waals surface area contributed by atoms with Crippen LogP contribution in [0.4, 0.5) is 0 Å². The van der Waals surface area contributed by atoms with Crippen molar-refractivity contribution in [3.05, 3.63) is 47.0 Å². The second kappa shape index (κ2) is 7.37. The van der Waals surface area contributed by atoms with E-state index in [1.54, 1.807) is 28.6 Å². The highest BCUT2D eigenvalue weighted by Gasteiger charge is 2.29. The van der Waals surface area contributed by atoms with E-state index in [-0.39, 0.29) is 0 Å². The van der Waals surface area contributed by atoms with Gasteiger partial charge in [0.25, 0.3) is 0 Å². The van der Waals surface area contributed by atoms with E-state index < -0.39 is 10.0 Å². The molecule has 1 fully saturated rings. The molecule has 2 aromatic rings. The van der Waals surface area contributed by atoms with E-state index in [1.165, 1.54) is 0 Å². The normalized spacial score (nSPS) is 17.2. The van der Waals surface area contributed by atoms with Crippen molar-refractivity contribution in [2.75, 3.05) is 13.1 Å². The van der Waals surface area contributed by atoms with Gasteiger partial charge >= 0.3 is 0 Å². The highest BCUT2D eigenvalue weighted by atomic mass is 79.9. The largest absolute Gasteiger partial charge is 0.335 e. The van der Waals surface area contributed by atoms with E-state index >= 15 is 0 Å². The molecule has 130 valence electrons. The Hall–Kier alpha value is -1.18. The summed E-state index contributed by atoms with van der Waals surface area (Å²) in [5.74, 6) is 1.60. The molecule has 24 heavy (non-hydrogen) atoms. The van der Waals surface area contributed by atoms with E-state index in [2.05, 4.69) is 32.4 Å². The minimum Gasteiger partial charge on any atom is -0.335 e. The molecule has 1 aromatic heterocycles. The molecule has 1 aromatic carbocycles. The summed E-state index contributed by atoms with van der Waals surface area (Å²) in [6, 6.07) is 6.85. The fourth-order valence-corrected chi connectivity index (χ4v) is 4.92. The number of sulfonamides is 1. The van der Waals surface area contributed by atoms with E-state index in [0.29, 0.717) is 23.9 Å². The quantitative estimate of drug-likeness (QED) is 0.757. The van der Waals surface area contributed by atoms with Crippen LogP contribution in [0.3, 0.4) is 0 Å². The smallest absolute Gasteiger partial charge is 0.243 e. The molecule has 2 heterocycles. The van der Waals surface area contributed by atoms with E-state index in [9.17, 15) is 8.42 Å². The third-order valence-corrected chi connectivity index (χ3v) is 7.04. The number of aromatic nitrogens is 2. The van der Waals surface area contributed by atoms with E-state index in [1.807, 2.05) is 12.4 Å². The molecular weight excluding hydrogens is 390 g/mol. The molecule has 3 rings (SSSR count). The molecule has 7 heteroatoms. The third kappa shape index (κ3) is 3.73. The van der Waals surface area contributed by atoms with E-state index in [4.69, 9.17) is 0 Å². The van der Waals surface area contributed by atoms with Crippen molar-refractivity contribution in [1.82, 2.24) is 13.9 Å². The van der Waals surface area contributed by atoms with Gasteiger partial charge in [0.15, 0.2) is 0 Å². The Labute approximate surface area is 151 Å². The first-order chi connectivity index (χ1) is 11.5. The summed E-state index contributed by atoms with van der Waals surface area (Å²) in [5, 5.41) is 0. The number of rotatable bonds is 5. The Balaban J connectivity index is 1.63. The molecule has 0 aliphatic carbocycles. The minimum absolute atomic E-state index is 0.368. The van der Waals surface area contributed by atoms with Crippen LogP contribution in [0.15, 0.2) is 46.0 Å². The van der Waals surface area contributed by atoms with Crippen LogP contribution in [0.1, 0.15) is 25.6 Å². The van der Waals surface area contributed by atoms with Gasteiger partial charge in [-0.25, -0.2) is 13.4 Å². The van der Waals surface area contributed by atoms with Crippen LogP contribution in [0.25, 0.3) is 0 Å². The zero-order valence-electron chi connectivity index (χ0n) is 13.7. The van der Waals surface area contributed by atoms with Crippen molar-refractivity contribution in [1.29, 1.82) is 0 Å². The fraction of sp³-hybridized carbons (Fsp3) is 0.471. The zero-order chi connectivity index (χ0) is 17.2. The van der Waals surface area contributed by atoms with Crippen molar-refractivity contribution < 1.29 is 8.42 Å². The summed E-state index contributed by atoms with van der Waals surface area (Å²) >= 11 is 3.34. The number of imidazole rings is 1. The van der Waals surface area contributed by atoms with Crippen LogP contribution >= 0.6 is 15.9 Å². The van der Waals surface area contributed by atoms with Crippen molar-refractivity contribution in [3.63, 3.8) is 0 Å². The van der Waals surface area contributed by atoms with Crippen molar-refractivity contribution in [3.8, 4) is 0 Å². The lowest BCUT2D eigenvalue weighted by Gasteiger charge is -2.31. The summed E-state index contributed by atoms with van der Waals surface area (Å²) in [4.78, 5) is 4.72. The molecular formula is C17H22BrN3O2S. The van der Waals surface area contributed by atoms with Crippen molar-refractivity contribution in [2.45, 2.75) is 37.6 Å². The summed E-state index contributed by atoms with van der Waals surface area (Å²) < 4.78 is 30.1. The highest BCUT2D eigenvalue weighted by molar-refractivity contribution is 9.10. The first kappa shape index (κ1) is 17.6. The van der Waals surface area contributed by atoms with Crippen molar-refractivity contribution in [2.24, 2.45) is 5.92 Å².